The van der Waals surface area contributed by atoms with Gasteiger partial charge in [-0.2, -0.15) is 9.97 Å². The standard InChI is InChI=1S/C22H36N7O10P/c1-7-36-18(31)11(3)27-40(34,28-12(4)19(32)37-8-2)38-9-13-15(30)22(5,33)20(39-13)29-10-24-14-16(29)25-21(23)26-17(14)35-6/h10-13,15,20,30,33H,7-9H2,1-6H3,(H2,23,25,26)(H2,27,28,34)/t11-,12+,13-,15?,20-,22+,40?/m1/s1. The first-order valence-corrected chi connectivity index (χ1v) is 14.1. The molecule has 1 saturated heterocycles. The number of ether oxygens (including phenoxy) is 4. The highest BCUT2D eigenvalue weighted by atomic mass is 31.2. The Morgan fingerprint density at radius 3 is 2.30 bits per heavy atom. The molecule has 2 aromatic rings. The zero-order valence-electron chi connectivity index (χ0n) is 23.1. The number of fused-ring (bicyclic) bond motifs is 1. The third-order valence-electron chi connectivity index (χ3n) is 6.04. The maximum atomic E-state index is 13.7. The number of nitrogen functional groups attached to an aromatic ring is 1. The van der Waals surface area contributed by atoms with Crippen LogP contribution in [-0.4, -0.2) is 98.5 Å². The van der Waals surface area contributed by atoms with E-state index in [4.69, 9.17) is 29.2 Å². The van der Waals surface area contributed by atoms with Crippen molar-refractivity contribution < 1.29 is 47.8 Å². The Bertz CT molecular complexity index is 1230. The average Bonchev–Trinajstić information content (AvgIpc) is 3.40. The Hall–Kier alpha value is -2.92. The fourth-order valence-electron chi connectivity index (χ4n) is 4.04. The number of hydrogen-bond acceptors (Lipinski definition) is 14. The molecule has 0 radical (unpaired) electrons. The van der Waals surface area contributed by atoms with Crippen molar-refractivity contribution in [2.24, 2.45) is 0 Å². The van der Waals surface area contributed by atoms with Gasteiger partial charge >= 0.3 is 19.6 Å². The summed E-state index contributed by atoms with van der Waals surface area (Å²) in [5, 5.41) is 27.2. The lowest BCUT2D eigenvalue weighted by atomic mass is 9.96. The van der Waals surface area contributed by atoms with Crippen LogP contribution in [0.25, 0.3) is 11.2 Å². The second-order valence-corrected chi connectivity index (χ2v) is 11.0. The second kappa shape index (κ2) is 12.7. The fourth-order valence-corrected chi connectivity index (χ4v) is 5.85. The number of esters is 2. The zero-order chi connectivity index (χ0) is 29.8. The molecule has 0 bridgehead atoms. The molecule has 1 fully saturated rings. The summed E-state index contributed by atoms with van der Waals surface area (Å²) >= 11 is 0. The number of nitrogens with one attached hydrogen (secondary N) is 2. The minimum atomic E-state index is -4.19. The van der Waals surface area contributed by atoms with Gasteiger partial charge in [-0.05, 0) is 34.6 Å². The van der Waals surface area contributed by atoms with Crippen molar-refractivity contribution in [3.63, 3.8) is 0 Å². The monoisotopic (exact) mass is 589 g/mol. The molecule has 1 aliphatic rings. The third kappa shape index (κ3) is 6.68. The smallest absolute Gasteiger partial charge is 0.342 e. The highest BCUT2D eigenvalue weighted by Crippen LogP contribution is 2.44. The molecule has 224 valence electrons. The van der Waals surface area contributed by atoms with E-state index in [0.29, 0.717) is 0 Å². The SMILES string of the molecule is CCOC(=O)[C@H](C)NP(=O)(N[C@H](C)C(=O)OCC)OC[C@H]1O[C@@H](n2cnc3c(OC)nc(N)nc32)[C@@](C)(O)C1O. The van der Waals surface area contributed by atoms with E-state index in [2.05, 4.69) is 25.1 Å². The molecule has 2 unspecified atom stereocenters. The lowest BCUT2D eigenvalue weighted by Gasteiger charge is -2.28. The summed E-state index contributed by atoms with van der Waals surface area (Å²) in [6.07, 6.45) is -2.70. The normalized spacial score (nSPS) is 25.8. The Morgan fingerprint density at radius 1 is 1.20 bits per heavy atom. The maximum absolute atomic E-state index is 13.7. The Balaban J connectivity index is 1.84. The number of carbonyl (C=O) groups is 2. The van der Waals surface area contributed by atoms with Crippen LogP contribution in [0.15, 0.2) is 6.33 Å². The minimum Gasteiger partial charge on any atom is -0.479 e. The average molecular weight is 590 g/mol. The number of nitrogens with two attached hydrogens (primary N) is 1. The van der Waals surface area contributed by atoms with Crippen molar-refractivity contribution in [1.82, 2.24) is 29.7 Å². The molecule has 0 amide bonds. The summed E-state index contributed by atoms with van der Waals surface area (Å²) < 4.78 is 41.7. The molecule has 1 aliphatic heterocycles. The van der Waals surface area contributed by atoms with Crippen molar-refractivity contribution in [3.8, 4) is 5.88 Å². The summed E-state index contributed by atoms with van der Waals surface area (Å²) in [6.45, 7) is 7.00. The van der Waals surface area contributed by atoms with Gasteiger partial charge in [0.2, 0.25) is 11.8 Å². The predicted molar refractivity (Wildman–Crippen MR) is 139 cm³/mol. The number of nitrogens with zero attached hydrogens (tertiary/aromatic N) is 4. The number of carbonyl (C=O) groups excluding carboxylic acids is 2. The van der Waals surface area contributed by atoms with Gasteiger partial charge in [0.15, 0.2) is 17.4 Å². The van der Waals surface area contributed by atoms with E-state index in [1.54, 1.807) is 13.8 Å². The Morgan fingerprint density at radius 2 is 1.77 bits per heavy atom. The number of aliphatic hydroxyl groups excluding tert-OH is 1. The van der Waals surface area contributed by atoms with Crippen LogP contribution in [0.5, 0.6) is 5.88 Å². The van der Waals surface area contributed by atoms with Crippen LogP contribution in [0, 0.1) is 0 Å². The largest absolute Gasteiger partial charge is 0.479 e. The van der Waals surface area contributed by atoms with E-state index in [1.165, 1.54) is 38.8 Å². The van der Waals surface area contributed by atoms with Crippen LogP contribution in [0.4, 0.5) is 5.95 Å². The number of aliphatic hydroxyl groups is 2. The van der Waals surface area contributed by atoms with Gasteiger partial charge in [-0.25, -0.2) is 15.2 Å². The van der Waals surface area contributed by atoms with E-state index in [0.717, 1.165) is 0 Å². The number of anilines is 1. The molecule has 7 atom stereocenters. The van der Waals surface area contributed by atoms with Gasteiger partial charge in [0.25, 0.3) is 0 Å². The van der Waals surface area contributed by atoms with Gasteiger partial charge in [0, 0.05) is 0 Å². The van der Waals surface area contributed by atoms with E-state index < -0.39 is 62.3 Å². The molecular formula is C22H36N7O10P. The first kappa shape index (κ1) is 31.6. The first-order chi connectivity index (χ1) is 18.8. The van der Waals surface area contributed by atoms with Crippen LogP contribution in [0.2, 0.25) is 0 Å². The highest BCUT2D eigenvalue weighted by molar-refractivity contribution is 7.54. The summed E-state index contributed by atoms with van der Waals surface area (Å²) in [5.41, 5.74) is 4.28. The number of hydrogen-bond donors (Lipinski definition) is 5. The molecule has 17 nitrogen and oxygen atoms in total. The fraction of sp³-hybridized carbons (Fsp3) is 0.682. The van der Waals surface area contributed by atoms with Crippen LogP contribution in [0.1, 0.15) is 40.8 Å². The molecule has 18 heteroatoms. The van der Waals surface area contributed by atoms with E-state index >= 15 is 0 Å². The van der Waals surface area contributed by atoms with Gasteiger partial charge in [-0.15, -0.1) is 0 Å². The van der Waals surface area contributed by atoms with E-state index in [1.807, 2.05) is 0 Å². The molecule has 3 rings (SSSR count). The summed E-state index contributed by atoms with van der Waals surface area (Å²) in [4.78, 5) is 36.7. The number of methoxy groups -OCH3 is 1. The number of rotatable bonds is 13. The van der Waals surface area contributed by atoms with Crippen molar-refractivity contribution in [2.45, 2.75) is 70.7 Å². The Kier molecular flexibility index (Phi) is 10.1. The third-order valence-corrected chi connectivity index (χ3v) is 8.00. The lowest BCUT2D eigenvalue weighted by molar-refractivity contribution is -0.145. The summed E-state index contributed by atoms with van der Waals surface area (Å²) in [5.74, 6) is -1.43. The molecule has 3 heterocycles. The summed E-state index contributed by atoms with van der Waals surface area (Å²) in [6, 6.07) is -2.20. The van der Waals surface area contributed by atoms with Crippen molar-refractivity contribution in [2.75, 3.05) is 32.7 Å². The van der Waals surface area contributed by atoms with Crippen LogP contribution in [0.3, 0.4) is 0 Å². The molecule has 0 aliphatic carbocycles. The predicted octanol–water partition coefficient (Wildman–Crippen LogP) is -0.366. The van der Waals surface area contributed by atoms with Crippen molar-refractivity contribution >= 4 is 36.7 Å². The molecular weight excluding hydrogens is 553 g/mol. The van der Waals surface area contributed by atoms with Crippen LogP contribution < -0.4 is 20.6 Å². The lowest BCUT2D eigenvalue weighted by Crippen LogP contribution is -2.45. The van der Waals surface area contributed by atoms with Crippen molar-refractivity contribution in [3.05, 3.63) is 6.33 Å². The highest BCUT2D eigenvalue weighted by Gasteiger charge is 2.54. The quantitative estimate of drug-likeness (QED) is 0.148. The maximum Gasteiger partial charge on any atom is 0.342 e. The van der Waals surface area contributed by atoms with Gasteiger partial charge in [-0.1, -0.05) is 0 Å². The Labute approximate surface area is 230 Å². The van der Waals surface area contributed by atoms with Gasteiger partial charge in [-0.3, -0.25) is 18.7 Å². The minimum absolute atomic E-state index is 0.0899. The van der Waals surface area contributed by atoms with Crippen molar-refractivity contribution in [1.29, 1.82) is 0 Å². The van der Waals surface area contributed by atoms with E-state index in [9.17, 15) is 24.4 Å². The number of aromatic nitrogens is 4. The molecule has 6 N–H and O–H groups in total. The van der Waals surface area contributed by atoms with E-state index in [-0.39, 0.29) is 36.2 Å². The van der Waals surface area contributed by atoms with Gasteiger partial charge in [0.05, 0.1) is 33.3 Å². The molecule has 0 saturated carbocycles. The zero-order valence-corrected chi connectivity index (χ0v) is 24.0. The molecule has 0 aromatic carbocycles. The first-order valence-electron chi connectivity index (χ1n) is 12.5. The van der Waals surface area contributed by atoms with Gasteiger partial charge < -0.3 is 39.4 Å². The summed E-state index contributed by atoms with van der Waals surface area (Å²) in [7, 11) is -2.81. The molecule has 0 spiro atoms. The molecule has 2 aromatic heterocycles. The molecule has 40 heavy (non-hydrogen) atoms. The topological polar surface area (TPSA) is 232 Å². The van der Waals surface area contributed by atoms with Crippen LogP contribution >= 0.6 is 7.67 Å². The number of imidazole rings is 1. The second-order valence-electron chi connectivity index (χ2n) is 9.17. The van der Waals surface area contributed by atoms with Gasteiger partial charge in [0.1, 0.15) is 29.9 Å². The van der Waals surface area contributed by atoms with Crippen LogP contribution in [-0.2, 0) is 32.9 Å².